The maximum absolute atomic E-state index is 14.6. The quantitative estimate of drug-likeness (QED) is 0.239. The Kier molecular flexibility index (Phi) is 8.90. The van der Waals surface area contributed by atoms with Gasteiger partial charge in [0.2, 0.25) is 11.8 Å². The number of nitrogens with zero attached hydrogens (tertiary/aromatic N) is 4. The van der Waals surface area contributed by atoms with Crippen LogP contribution >= 0.6 is 0 Å². The summed E-state index contributed by atoms with van der Waals surface area (Å²) in [7, 11) is 1.68. The largest absolute Gasteiger partial charge is 0.481 e. The number of anilines is 1. The van der Waals surface area contributed by atoms with Crippen LogP contribution in [0.4, 0.5) is 5.69 Å². The number of fused-ring (bicyclic) bond motifs is 3. The number of amides is 1. The Hall–Kier alpha value is -3.48. The molecule has 0 saturated heterocycles. The van der Waals surface area contributed by atoms with Gasteiger partial charge in [-0.15, -0.1) is 0 Å². The van der Waals surface area contributed by atoms with Gasteiger partial charge >= 0.3 is 0 Å². The highest BCUT2D eigenvalue weighted by Gasteiger charge is 2.51. The first-order valence-corrected chi connectivity index (χ1v) is 17.4. The second-order valence-corrected chi connectivity index (χ2v) is 15.8. The van der Waals surface area contributed by atoms with E-state index < -0.39 is 0 Å². The third kappa shape index (κ3) is 6.52. The SMILES string of the molecule is COc1ncc(C23CCC(CN(C(=O)C4CCC(CC(C)=O)CC4)c4cccc(-c5cnn(C(C)(C)C)c5)c4)(CC2)CC3)cc1C. The van der Waals surface area contributed by atoms with Crippen molar-refractivity contribution >= 4 is 17.4 Å². The van der Waals surface area contributed by atoms with Crippen LogP contribution in [0.5, 0.6) is 5.88 Å². The van der Waals surface area contributed by atoms with Crippen LogP contribution in [-0.2, 0) is 20.5 Å². The first-order chi connectivity index (χ1) is 21.9. The average Bonchev–Trinajstić information content (AvgIpc) is 3.56. The smallest absolute Gasteiger partial charge is 0.230 e. The molecule has 4 aliphatic rings. The molecule has 246 valence electrons. The molecule has 7 rings (SSSR count). The highest BCUT2D eigenvalue weighted by atomic mass is 16.5. The monoisotopic (exact) mass is 624 g/mol. The van der Waals surface area contributed by atoms with E-state index >= 15 is 0 Å². The summed E-state index contributed by atoms with van der Waals surface area (Å²) < 4.78 is 7.45. The van der Waals surface area contributed by atoms with Gasteiger partial charge in [0, 0.05) is 48.1 Å². The van der Waals surface area contributed by atoms with E-state index in [1.165, 1.54) is 5.56 Å². The van der Waals surface area contributed by atoms with E-state index in [0.29, 0.717) is 18.2 Å². The molecule has 7 heteroatoms. The molecule has 0 radical (unpaired) electrons. The minimum atomic E-state index is -0.101. The minimum absolute atomic E-state index is 0.00604. The highest BCUT2D eigenvalue weighted by molar-refractivity contribution is 5.96. The lowest BCUT2D eigenvalue weighted by molar-refractivity contribution is -0.124. The molecule has 0 atom stereocenters. The molecule has 3 aromatic rings. The van der Waals surface area contributed by atoms with Crippen molar-refractivity contribution in [2.45, 2.75) is 116 Å². The summed E-state index contributed by atoms with van der Waals surface area (Å²) in [5, 5.41) is 4.64. The Morgan fingerprint density at radius 2 is 1.67 bits per heavy atom. The fraction of sp³-hybridized carbons (Fsp3) is 0.590. The molecular weight excluding hydrogens is 572 g/mol. The summed E-state index contributed by atoms with van der Waals surface area (Å²) in [6, 6.07) is 10.8. The van der Waals surface area contributed by atoms with Gasteiger partial charge in [-0.2, -0.15) is 5.10 Å². The molecule has 0 aliphatic heterocycles. The molecule has 0 unspecified atom stereocenters. The maximum atomic E-state index is 14.6. The van der Waals surface area contributed by atoms with E-state index in [1.54, 1.807) is 14.0 Å². The zero-order chi connectivity index (χ0) is 32.7. The first kappa shape index (κ1) is 32.5. The molecule has 4 saturated carbocycles. The predicted molar refractivity (Wildman–Crippen MR) is 183 cm³/mol. The van der Waals surface area contributed by atoms with Crippen LogP contribution in [0, 0.1) is 24.2 Å². The predicted octanol–water partition coefficient (Wildman–Crippen LogP) is 8.43. The van der Waals surface area contributed by atoms with Crippen LogP contribution < -0.4 is 9.64 Å². The van der Waals surface area contributed by atoms with Gasteiger partial charge in [-0.1, -0.05) is 12.1 Å². The Labute approximate surface area is 275 Å². The second-order valence-electron chi connectivity index (χ2n) is 15.8. The molecule has 1 amide bonds. The number of aryl methyl sites for hydroxylation is 1. The zero-order valence-corrected chi connectivity index (χ0v) is 28.8. The maximum Gasteiger partial charge on any atom is 0.230 e. The summed E-state index contributed by atoms with van der Waals surface area (Å²) in [6.07, 6.45) is 17.1. The van der Waals surface area contributed by atoms with E-state index in [2.05, 4.69) is 79.2 Å². The number of ether oxygens (including phenoxy) is 1. The lowest BCUT2D eigenvalue weighted by Crippen LogP contribution is -2.51. The number of ketones is 1. The summed E-state index contributed by atoms with van der Waals surface area (Å²) in [5.74, 6) is 1.64. The van der Waals surface area contributed by atoms with Crippen molar-refractivity contribution in [1.82, 2.24) is 14.8 Å². The molecule has 2 bridgehead atoms. The van der Waals surface area contributed by atoms with E-state index in [4.69, 9.17) is 4.74 Å². The molecular formula is C39H52N4O3. The van der Waals surface area contributed by atoms with Crippen molar-refractivity contribution in [3.05, 3.63) is 60.0 Å². The summed E-state index contributed by atoms with van der Waals surface area (Å²) >= 11 is 0. The van der Waals surface area contributed by atoms with Gasteiger partial charge in [0.1, 0.15) is 5.78 Å². The van der Waals surface area contributed by atoms with Crippen LogP contribution in [-0.4, -0.2) is 40.1 Å². The number of carbonyl (C=O) groups is 2. The van der Waals surface area contributed by atoms with Crippen molar-refractivity contribution in [3.8, 4) is 17.0 Å². The number of aromatic nitrogens is 3. The van der Waals surface area contributed by atoms with Crippen LogP contribution in [0.2, 0.25) is 0 Å². The van der Waals surface area contributed by atoms with E-state index in [1.807, 2.05) is 17.1 Å². The minimum Gasteiger partial charge on any atom is -0.481 e. The summed E-state index contributed by atoms with van der Waals surface area (Å²) in [5.41, 5.74) is 5.77. The number of hydrogen-bond donors (Lipinski definition) is 0. The number of Topliss-reactive ketones (excluding diaryl/α,β-unsaturated/α-hetero) is 1. The number of benzene rings is 1. The Morgan fingerprint density at radius 1 is 0.978 bits per heavy atom. The first-order valence-electron chi connectivity index (χ1n) is 17.4. The Balaban J connectivity index is 1.26. The lowest BCUT2D eigenvalue weighted by atomic mass is 9.52. The average molecular weight is 625 g/mol. The van der Waals surface area contributed by atoms with Gasteiger partial charge in [-0.3, -0.25) is 9.48 Å². The molecule has 4 aliphatic carbocycles. The normalized spacial score (nSPS) is 26.1. The third-order valence-corrected chi connectivity index (χ3v) is 11.5. The summed E-state index contributed by atoms with van der Waals surface area (Å²) in [4.78, 5) is 33.1. The van der Waals surface area contributed by atoms with E-state index in [0.717, 1.165) is 93.1 Å². The van der Waals surface area contributed by atoms with Gasteiger partial charge in [-0.25, -0.2) is 4.98 Å². The summed E-state index contributed by atoms with van der Waals surface area (Å²) in [6.45, 7) is 11.0. The fourth-order valence-corrected chi connectivity index (χ4v) is 8.56. The fourth-order valence-electron chi connectivity index (χ4n) is 8.56. The number of rotatable bonds is 9. The molecule has 4 fully saturated rings. The number of methoxy groups -OCH3 is 1. The molecule has 7 nitrogen and oxygen atoms in total. The van der Waals surface area contributed by atoms with Crippen LogP contribution in [0.25, 0.3) is 11.1 Å². The Bertz CT molecular complexity index is 1550. The zero-order valence-electron chi connectivity index (χ0n) is 28.8. The Morgan fingerprint density at radius 3 is 2.26 bits per heavy atom. The van der Waals surface area contributed by atoms with Crippen molar-refractivity contribution in [1.29, 1.82) is 0 Å². The number of carbonyl (C=O) groups excluding carboxylic acids is 2. The number of hydrogen-bond acceptors (Lipinski definition) is 5. The van der Waals surface area contributed by atoms with Crippen molar-refractivity contribution in [3.63, 3.8) is 0 Å². The molecule has 2 heterocycles. The standard InChI is InChI=1S/C39H52N4O3/c1-27-20-33(24-40-35(27)46-6)39-17-14-38(15-18-39,16-19-39)26-42(36(45)30-12-10-29(11-13-30)21-28(2)44)34-9-7-8-31(22-34)32-23-41-43(25-32)37(3,4)5/h7-9,20,22-25,29-30H,10-19,21,26H2,1-6H3. The van der Waals surface area contributed by atoms with Crippen LogP contribution in [0.3, 0.4) is 0 Å². The molecule has 2 aromatic heterocycles. The van der Waals surface area contributed by atoms with Crippen LogP contribution in [0.1, 0.15) is 109 Å². The molecule has 0 N–H and O–H groups in total. The van der Waals surface area contributed by atoms with E-state index in [9.17, 15) is 9.59 Å². The van der Waals surface area contributed by atoms with Crippen molar-refractivity contribution in [2.75, 3.05) is 18.6 Å². The lowest BCUT2D eigenvalue weighted by Gasteiger charge is -2.55. The molecule has 1 aromatic carbocycles. The third-order valence-electron chi connectivity index (χ3n) is 11.5. The van der Waals surface area contributed by atoms with Crippen molar-refractivity contribution < 1.29 is 14.3 Å². The van der Waals surface area contributed by atoms with E-state index in [-0.39, 0.29) is 34.0 Å². The topological polar surface area (TPSA) is 77.3 Å². The van der Waals surface area contributed by atoms with Gasteiger partial charge < -0.3 is 14.4 Å². The van der Waals surface area contributed by atoms with Gasteiger partial charge in [0.25, 0.3) is 0 Å². The number of pyridine rings is 1. The van der Waals surface area contributed by atoms with Crippen LogP contribution in [0.15, 0.2) is 48.9 Å². The van der Waals surface area contributed by atoms with Crippen molar-refractivity contribution in [2.24, 2.45) is 17.3 Å². The molecule has 0 spiro atoms. The van der Waals surface area contributed by atoms with Gasteiger partial charge in [-0.05, 0) is 145 Å². The molecule has 46 heavy (non-hydrogen) atoms. The highest BCUT2D eigenvalue weighted by Crippen LogP contribution is 2.58. The van der Waals surface area contributed by atoms with Gasteiger partial charge in [0.15, 0.2) is 0 Å². The van der Waals surface area contributed by atoms with Gasteiger partial charge in [0.05, 0.1) is 18.8 Å². The second kappa shape index (κ2) is 12.6.